The van der Waals surface area contributed by atoms with Crippen molar-refractivity contribution in [3.63, 3.8) is 0 Å². The van der Waals surface area contributed by atoms with E-state index in [9.17, 15) is 4.79 Å². The molecular formula is C12H11N3OS. The highest BCUT2D eigenvalue weighted by molar-refractivity contribution is 7.07. The predicted octanol–water partition coefficient (Wildman–Crippen LogP) is 2.14. The highest BCUT2D eigenvalue weighted by atomic mass is 32.1. The van der Waals surface area contributed by atoms with E-state index in [4.69, 9.17) is 0 Å². The fourth-order valence-electron chi connectivity index (χ4n) is 2.00. The maximum Gasteiger partial charge on any atom is 0.272 e. The van der Waals surface area contributed by atoms with Crippen LogP contribution < -0.4 is 5.56 Å². The summed E-state index contributed by atoms with van der Waals surface area (Å²) in [7, 11) is 0. The van der Waals surface area contributed by atoms with Crippen LogP contribution in [0, 0.1) is 6.92 Å². The van der Waals surface area contributed by atoms with Gasteiger partial charge in [0.2, 0.25) is 0 Å². The second-order valence-corrected chi connectivity index (χ2v) is 4.73. The van der Waals surface area contributed by atoms with Crippen LogP contribution in [-0.4, -0.2) is 14.5 Å². The van der Waals surface area contributed by atoms with E-state index in [-0.39, 0.29) is 5.56 Å². The molecule has 3 aromatic heterocycles. The molecule has 0 radical (unpaired) electrons. The van der Waals surface area contributed by atoms with E-state index in [1.54, 1.807) is 16.8 Å². The van der Waals surface area contributed by atoms with Crippen molar-refractivity contribution in [2.75, 3.05) is 0 Å². The lowest BCUT2D eigenvalue weighted by Crippen LogP contribution is -2.12. The fraction of sp³-hybridized carbons (Fsp3) is 0.167. The lowest BCUT2D eigenvalue weighted by molar-refractivity contribution is 0.809. The number of pyridine rings is 1. The Morgan fingerprint density at radius 2 is 2.41 bits per heavy atom. The average molecular weight is 245 g/mol. The Morgan fingerprint density at radius 1 is 1.53 bits per heavy atom. The van der Waals surface area contributed by atoms with Gasteiger partial charge in [-0.2, -0.15) is 0 Å². The van der Waals surface area contributed by atoms with Crippen LogP contribution >= 0.6 is 11.3 Å². The molecule has 1 N–H and O–H groups in total. The number of thiazole rings is 1. The summed E-state index contributed by atoms with van der Waals surface area (Å²) in [5.74, 6) is 0. The van der Waals surface area contributed by atoms with Crippen molar-refractivity contribution in [1.82, 2.24) is 14.5 Å². The molecule has 0 aliphatic rings. The minimum atomic E-state index is -0.0415. The Morgan fingerprint density at radius 3 is 3.18 bits per heavy atom. The lowest BCUT2D eigenvalue weighted by atomic mass is 10.3. The molecule has 0 spiro atoms. The van der Waals surface area contributed by atoms with Gasteiger partial charge in [0.15, 0.2) is 0 Å². The van der Waals surface area contributed by atoms with Crippen LogP contribution in [0.15, 0.2) is 34.0 Å². The van der Waals surface area contributed by atoms with Crippen molar-refractivity contribution in [1.29, 1.82) is 0 Å². The largest absolute Gasteiger partial charge is 0.337 e. The van der Waals surface area contributed by atoms with Crippen molar-refractivity contribution in [3.8, 4) is 0 Å². The quantitative estimate of drug-likeness (QED) is 0.752. The third-order valence-electron chi connectivity index (χ3n) is 2.71. The van der Waals surface area contributed by atoms with E-state index < -0.39 is 0 Å². The third-order valence-corrected chi connectivity index (χ3v) is 3.34. The second kappa shape index (κ2) is 3.85. The molecule has 0 aromatic carbocycles. The fourth-order valence-corrected chi connectivity index (χ4v) is 2.55. The van der Waals surface area contributed by atoms with Gasteiger partial charge in [-0.15, -0.1) is 11.3 Å². The number of H-pyrrole nitrogens is 1. The van der Waals surface area contributed by atoms with Gasteiger partial charge in [0.1, 0.15) is 5.52 Å². The number of aromatic nitrogens is 3. The number of aryl methyl sites for hydroxylation is 1. The summed E-state index contributed by atoms with van der Waals surface area (Å²) in [5, 5.41) is 2.97. The smallest absolute Gasteiger partial charge is 0.272 e. The first kappa shape index (κ1) is 10.3. The molecular weight excluding hydrogens is 234 g/mol. The summed E-state index contributed by atoms with van der Waals surface area (Å²) in [5.41, 5.74) is 4.33. The van der Waals surface area contributed by atoms with Crippen LogP contribution in [0.25, 0.3) is 10.9 Å². The normalized spacial score (nSPS) is 11.1. The van der Waals surface area contributed by atoms with Crippen LogP contribution in [0.1, 0.15) is 11.4 Å². The van der Waals surface area contributed by atoms with Crippen molar-refractivity contribution < 1.29 is 0 Å². The van der Waals surface area contributed by atoms with Gasteiger partial charge in [0, 0.05) is 22.7 Å². The van der Waals surface area contributed by atoms with Crippen LogP contribution in [0.5, 0.6) is 0 Å². The molecule has 86 valence electrons. The molecule has 3 aromatic rings. The first-order chi connectivity index (χ1) is 8.24. The van der Waals surface area contributed by atoms with E-state index in [0.29, 0.717) is 12.1 Å². The van der Waals surface area contributed by atoms with Gasteiger partial charge < -0.3 is 9.55 Å². The predicted molar refractivity (Wildman–Crippen MR) is 68.5 cm³/mol. The Kier molecular flexibility index (Phi) is 2.33. The minimum absolute atomic E-state index is 0.0415. The Bertz CT molecular complexity index is 709. The molecule has 3 heterocycles. The summed E-state index contributed by atoms with van der Waals surface area (Å²) in [4.78, 5) is 19.0. The number of nitrogens with one attached hydrogen (secondary N) is 1. The number of fused-ring (bicyclic) bond motifs is 1. The van der Waals surface area contributed by atoms with Crippen molar-refractivity contribution in [3.05, 3.63) is 51.0 Å². The van der Waals surface area contributed by atoms with Crippen LogP contribution in [0.2, 0.25) is 0 Å². The highest BCUT2D eigenvalue weighted by Crippen LogP contribution is 2.14. The monoisotopic (exact) mass is 245 g/mol. The first-order valence-corrected chi connectivity index (χ1v) is 6.24. The number of hydrogen-bond acceptors (Lipinski definition) is 3. The summed E-state index contributed by atoms with van der Waals surface area (Å²) >= 11 is 1.56. The molecule has 0 bridgehead atoms. The molecule has 0 unspecified atom stereocenters. The van der Waals surface area contributed by atoms with Gasteiger partial charge in [0.25, 0.3) is 5.56 Å². The number of hydrogen-bond donors (Lipinski definition) is 1. The molecule has 0 amide bonds. The Labute approximate surface area is 102 Å². The zero-order valence-corrected chi connectivity index (χ0v) is 10.1. The van der Waals surface area contributed by atoms with E-state index in [2.05, 4.69) is 9.97 Å². The molecule has 5 heteroatoms. The topological polar surface area (TPSA) is 50.7 Å². The van der Waals surface area contributed by atoms with E-state index >= 15 is 0 Å². The third kappa shape index (κ3) is 1.78. The van der Waals surface area contributed by atoms with Crippen molar-refractivity contribution in [2.24, 2.45) is 0 Å². The van der Waals surface area contributed by atoms with Gasteiger partial charge in [-0.05, 0) is 19.1 Å². The molecule has 0 saturated carbocycles. The maximum absolute atomic E-state index is 11.9. The zero-order chi connectivity index (χ0) is 11.8. The molecule has 3 rings (SSSR count). The standard InChI is InChI=1S/C12H11N3OS/c1-8-4-9-2-3-15(11(9)12(16)14-8)5-10-6-17-7-13-10/h2-4,6-7H,5H2,1H3,(H,14,16). The first-order valence-electron chi connectivity index (χ1n) is 5.30. The summed E-state index contributed by atoms with van der Waals surface area (Å²) in [6.45, 7) is 2.53. The van der Waals surface area contributed by atoms with Gasteiger partial charge in [-0.1, -0.05) is 0 Å². The van der Waals surface area contributed by atoms with Crippen LogP contribution in [-0.2, 0) is 6.54 Å². The number of rotatable bonds is 2. The molecule has 0 saturated heterocycles. The molecule has 0 fully saturated rings. The van der Waals surface area contributed by atoms with Crippen molar-refractivity contribution in [2.45, 2.75) is 13.5 Å². The van der Waals surface area contributed by atoms with Gasteiger partial charge in [0.05, 0.1) is 17.7 Å². The summed E-state index contributed by atoms with van der Waals surface area (Å²) in [6, 6.07) is 3.94. The molecule has 0 atom stereocenters. The molecule has 0 aliphatic heterocycles. The van der Waals surface area contributed by atoms with Crippen molar-refractivity contribution >= 4 is 22.2 Å². The Hall–Kier alpha value is -1.88. The molecule has 17 heavy (non-hydrogen) atoms. The Balaban J connectivity index is 2.15. The minimum Gasteiger partial charge on any atom is -0.337 e. The van der Waals surface area contributed by atoms with Gasteiger partial charge in [-0.25, -0.2) is 4.98 Å². The summed E-state index contributed by atoms with van der Waals surface area (Å²) < 4.78 is 1.93. The molecule has 4 nitrogen and oxygen atoms in total. The second-order valence-electron chi connectivity index (χ2n) is 4.01. The summed E-state index contributed by atoms with van der Waals surface area (Å²) in [6.07, 6.45) is 1.93. The van der Waals surface area contributed by atoms with Crippen LogP contribution in [0.3, 0.4) is 0 Å². The zero-order valence-electron chi connectivity index (χ0n) is 9.30. The average Bonchev–Trinajstić information content (AvgIpc) is 2.88. The lowest BCUT2D eigenvalue weighted by Gasteiger charge is -2.02. The van der Waals surface area contributed by atoms with Gasteiger partial charge in [-0.3, -0.25) is 4.79 Å². The number of aromatic amines is 1. The maximum atomic E-state index is 11.9. The van der Waals surface area contributed by atoms with E-state index in [0.717, 1.165) is 16.8 Å². The van der Waals surface area contributed by atoms with Gasteiger partial charge >= 0.3 is 0 Å². The highest BCUT2D eigenvalue weighted by Gasteiger charge is 2.07. The SMILES string of the molecule is Cc1cc2ccn(Cc3cscn3)c2c(=O)[nH]1. The molecule has 0 aliphatic carbocycles. The number of nitrogens with zero attached hydrogens (tertiary/aromatic N) is 2. The van der Waals surface area contributed by atoms with E-state index in [1.165, 1.54) is 0 Å². The van der Waals surface area contributed by atoms with Crippen LogP contribution in [0.4, 0.5) is 0 Å². The van der Waals surface area contributed by atoms with E-state index in [1.807, 2.05) is 35.2 Å².